The fourth-order valence-electron chi connectivity index (χ4n) is 2.31. The number of nitrogens with zero attached hydrogens (tertiary/aromatic N) is 3. The number of para-hydroxylation sites is 1. The Bertz CT molecular complexity index is 943. The van der Waals surface area contributed by atoms with Gasteiger partial charge in [0.25, 0.3) is 0 Å². The fourth-order valence-corrected chi connectivity index (χ4v) is 3.31. The average molecular weight is 387 g/mol. The molecule has 1 aromatic heterocycles. The molecule has 6 nitrogen and oxygen atoms in total. The van der Waals surface area contributed by atoms with Gasteiger partial charge in [-0.15, -0.1) is 10.2 Å². The molecule has 0 fully saturated rings. The van der Waals surface area contributed by atoms with Gasteiger partial charge in [-0.1, -0.05) is 53.7 Å². The number of anilines is 1. The van der Waals surface area contributed by atoms with Crippen LogP contribution in [0, 0.1) is 0 Å². The molecule has 1 amide bonds. The number of aromatic nitrogens is 3. The molecule has 8 heteroatoms. The Hall–Kier alpha value is -2.64. The first-order valence-corrected chi connectivity index (χ1v) is 9.11. The molecule has 1 heterocycles. The fraction of sp³-hybridized carbons (Fsp3) is 0.111. The predicted molar refractivity (Wildman–Crippen MR) is 103 cm³/mol. The van der Waals surface area contributed by atoms with E-state index in [9.17, 15) is 9.59 Å². The van der Waals surface area contributed by atoms with E-state index in [1.165, 1.54) is 11.5 Å². The Morgan fingerprint density at radius 1 is 1.08 bits per heavy atom. The van der Waals surface area contributed by atoms with Gasteiger partial charge in [-0.05, 0) is 24.3 Å². The molecule has 0 radical (unpaired) electrons. The molecular weight excluding hydrogens is 372 g/mol. The highest BCUT2D eigenvalue weighted by Gasteiger charge is 2.20. The van der Waals surface area contributed by atoms with Crippen LogP contribution >= 0.6 is 23.4 Å². The van der Waals surface area contributed by atoms with Crippen molar-refractivity contribution >= 4 is 40.9 Å². The second-order valence-electron chi connectivity index (χ2n) is 5.34. The monoisotopic (exact) mass is 386 g/mol. The number of carbonyl (C=O) groups excluding carboxylic acids is 2. The topological polar surface area (TPSA) is 76.9 Å². The Morgan fingerprint density at radius 2 is 1.77 bits per heavy atom. The van der Waals surface area contributed by atoms with Gasteiger partial charge in [0.05, 0.1) is 10.8 Å². The van der Waals surface area contributed by atoms with Crippen molar-refractivity contribution in [1.29, 1.82) is 0 Å². The molecule has 0 aliphatic carbocycles. The van der Waals surface area contributed by atoms with Crippen LogP contribution in [0.3, 0.4) is 0 Å². The summed E-state index contributed by atoms with van der Waals surface area (Å²) in [5.41, 5.74) is 1.32. The number of thioether (sulfide) groups is 1. The lowest BCUT2D eigenvalue weighted by molar-refractivity contribution is -0.113. The van der Waals surface area contributed by atoms with E-state index >= 15 is 0 Å². The Morgan fingerprint density at radius 3 is 2.46 bits per heavy atom. The number of nitrogens with one attached hydrogen (secondary N) is 1. The van der Waals surface area contributed by atoms with Crippen LogP contribution in [0.15, 0.2) is 59.8 Å². The average Bonchev–Trinajstić information content (AvgIpc) is 3.05. The van der Waals surface area contributed by atoms with E-state index < -0.39 is 0 Å². The minimum atomic E-state index is -0.254. The van der Waals surface area contributed by atoms with Gasteiger partial charge in [-0.25, -0.2) is 4.57 Å². The summed E-state index contributed by atoms with van der Waals surface area (Å²) in [6.07, 6.45) is 0. The van der Waals surface area contributed by atoms with Crippen molar-refractivity contribution in [3.8, 4) is 11.4 Å². The van der Waals surface area contributed by atoms with Crippen LogP contribution in [-0.4, -0.2) is 32.3 Å². The number of carbonyl (C=O) groups is 2. The van der Waals surface area contributed by atoms with Crippen LogP contribution < -0.4 is 5.32 Å². The van der Waals surface area contributed by atoms with Crippen molar-refractivity contribution in [3.63, 3.8) is 0 Å². The van der Waals surface area contributed by atoms with Crippen molar-refractivity contribution in [2.24, 2.45) is 0 Å². The smallest absolute Gasteiger partial charge is 0.234 e. The zero-order valence-corrected chi connectivity index (χ0v) is 15.4. The van der Waals surface area contributed by atoms with Crippen molar-refractivity contribution in [2.45, 2.75) is 12.1 Å². The van der Waals surface area contributed by atoms with Crippen LogP contribution in [-0.2, 0) is 4.79 Å². The van der Waals surface area contributed by atoms with E-state index in [1.807, 2.05) is 18.2 Å². The summed E-state index contributed by atoms with van der Waals surface area (Å²) in [6.45, 7) is 1.41. The van der Waals surface area contributed by atoms with E-state index in [-0.39, 0.29) is 17.6 Å². The highest BCUT2D eigenvalue weighted by molar-refractivity contribution is 7.99. The zero-order valence-electron chi connectivity index (χ0n) is 13.8. The van der Waals surface area contributed by atoms with Crippen LogP contribution in [0.1, 0.15) is 11.7 Å². The number of rotatable bonds is 5. The number of halogens is 1. The van der Waals surface area contributed by atoms with Crippen molar-refractivity contribution in [3.05, 3.63) is 59.6 Å². The van der Waals surface area contributed by atoms with Crippen LogP contribution in [0.2, 0.25) is 5.02 Å². The van der Waals surface area contributed by atoms with Gasteiger partial charge in [-0.2, -0.15) is 0 Å². The van der Waals surface area contributed by atoms with Gasteiger partial charge < -0.3 is 5.32 Å². The Balaban J connectivity index is 1.77. The zero-order chi connectivity index (χ0) is 18.5. The van der Waals surface area contributed by atoms with E-state index in [2.05, 4.69) is 15.5 Å². The number of hydrogen-bond donors (Lipinski definition) is 1. The molecule has 0 bridgehead atoms. The maximum absolute atomic E-state index is 12.1. The molecule has 132 valence electrons. The minimum absolute atomic E-state index is 0.100. The first kappa shape index (κ1) is 18.2. The van der Waals surface area contributed by atoms with E-state index in [1.54, 1.807) is 36.4 Å². The molecular formula is C18H15ClN4O2S. The minimum Gasteiger partial charge on any atom is -0.325 e. The summed E-state index contributed by atoms with van der Waals surface area (Å²) in [5, 5.41) is 11.7. The normalized spacial score (nSPS) is 10.5. The van der Waals surface area contributed by atoms with Crippen molar-refractivity contribution < 1.29 is 9.59 Å². The van der Waals surface area contributed by atoms with Gasteiger partial charge in [0.15, 0.2) is 11.0 Å². The summed E-state index contributed by atoms with van der Waals surface area (Å²) in [7, 11) is 0. The Kier molecular flexibility index (Phi) is 5.70. The van der Waals surface area contributed by atoms with Gasteiger partial charge in [0.2, 0.25) is 11.8 Å². The molecule has 0 saturated heterocycles. The maximum atomic E-state index is 12.1. The third-order valence-electron chi connectivity index (χ3n) is 3.45. The second-order valence-corrected chi connectivity index (χ2v) is 6.69. The van der Waals surface area contributed by atoms with E-state index in [0.717, 1.165) is 11.8 Å². The van der Waals surface area contributed by atoms with Crippen LogP contribution in [0.4, 0.5) is 5.69 Å². The van der Waals surface area contributed by atoms with Gasteiger partial charge in [0.1, 0.15) is 0 Å². The largest absolute Gasteiger partial charge is 0.325 e. The maximum Gasteiger partial charge on any atom is 0.234 e. The second kappa shape index (κ2) is 8.16. The number of benzene rings is 2. The molecule has 1 N–H and O–H groups in total. The summed E-state index contributed by atoms with van der Waals surface area (Å²) >= 11 is 7.34. The SMILES string of the molecule is CC(=O)n1c(SCC(=O)Nc2ccccc2)nnc1-c1ccccc1Cl. The third kappa shape index (κ3) is 4.12. The van der Waals surface area contributed by atoms with E-state index in [4.69, 9.17) is 11.6 Å². The molecule has 0 aliphatic rings. The van der Waals surface area contributed by atoms with Gasteiger partial charge in [0, 0.05) is 18.2 Å². The molecule has 0 saturated carbocycles. The predicted octanol–water partition coefficient (Wildman–Crippen LogP) is 3.99. The summed E-state index contributed by atoms with van der Waals surface area (Å²) in [5.74, 6) is 0.00609. The highest BCUT2D eigenvalue weighted by Crippen LogP contribution is 2.29. The lowest BCUT2D eigenvalue weighted by Crippen LogP contribution is -2.15. The molecule has 0 atom stereocenters. The quantitative estimate of drug-likeness (QED) is 0.671. The summed E-state index contributed by atoms with van der Waals surface area (Å²) < 4.78 is 1.36. The Labute approximate surface area is 159 Å². The number of amides is 1. The van der Waals surface area contributed by atoms with Crippen molar-refractivity contribution in [2.75, 3.05) is 11.1 Å². The van der Waals surface area contributed by atoms with Gasteiger partial charge >= 0.3 is 0 Å². The van der Waals surface area contributed by atoms with E-state index in [0.29, 0.717) is 27.3 Å². The first-order chi connectivity index (χ1) is 12.6. The summed E-state index contributed by atoms with van der Waals surface area (Å²) in [4.78, 5) is 24.2. The van der Waals surface area contributed by atoms with Gasteiger partial charge in [-0.3, -0.25) is 9.59 Å². The molecule has 3 aromatic rings. The van der Waals surface area contributed by atoms with Crippen LogP contribution in [0.5, 0.6) is 0 Å². The first-order valence-electron chi connectivity index (χ1n) is 7.75. The van der Waals surface area contributed by atoms with Crippen LogP contribution in [0.25, 0.3) is 11.4 Å². The molecule has 0 spiro atoms. The molecule has 26 heavy (non-hydrogen) atoms. The lowest BCUT2D eigenvalue weighted by Gasteiger charge is -2.07. The number of hydrogen-bond acceptors (Lipinski definition) is 5. The summed E-state index contributed by atoms with van der Waals surface area (Å²) in [6, 6.07) is 16.2. The molecule has 3 rings (SSSR count). The van der Waals surface area contributed by atoms with Crippen molar-refractivity contribution in [1.82, 2.24) is 14.8 Å². The third-order valence-corrected chi connectivity index (χ3v) is 4.71. The standard InChI is InChI=1S/C18H15ClN4O2S/c1-12(24)23-17(14-9-5-6-10-15(14)19)21-22-18(23)26-11-16(25)20-13-7-3-2-4-8-13/h2-10H,11H2,1H3,(H,20,25). The lowest BCUT2D eigenvalue weighted by atomic mass is 10.2. The molecule has 2 aromatic carbocycles. The molecule has 0 aliphatic heterocycles. The highest BCUT2D eigenvalue weighted by atomic mass is 35.5. The molecule has 0 unspecified atom stereocenters.